The highest BCUT2D eigenvalue weighted by atomic mass is 79.9. The number of amidine groups is 1. The van der Waals surface area contributed by atoms with Crippen LogP contribution in [0.15, 0.2) is 27.8 Å². The molecule has 1 aromatic rings. The largest absolute Gasteiger partial charge is 0.307 e. The Balaban J connectivity index is 2.13. The molecule has 5 heteroatoms. The highest BCUT2D eigenvalue weighted by Gasteiger charge is 2.13. The van der Waals surface area contributed by atoms with Gasteiger partial charge in [-0.25, -0.2) is 5.84 Å². The molecule has 1 aliphatic rings. The first-order valence-electron chi connectivity index (χ1n) is 6.46. The molecule has 0 bridgehead atoms. The Morgan fingerprint density at radius 3 is 2.56 bits per heavy atom. The molecule has 4 nitrogen and oxygen atoms in total. The van der Waals surface area contributed by atoms with Crippen molar-refractivity contribution in [2.75, 3.05) is 0 Å². The maximum atomic E-state index is 5.57. The third-order valence-corrected chi connectivity index (χ3v) is 3.71. The summed E-state index contributed by atoms with van der Waals surface area (Å²) < 4.78 is 0.956. The lowest BCUT2D eigenvalue weighted by Crippen LogP contribution is -2.33. The van der Waals surface area contributed by atoms with E-state index >= 15 is 0 Å². The summed E-state index contributed by atoms with van der Waals surface area (Å²) in [6.07, 6.45) is 9.25. The number of halogens is 1. The monoisotopic (exact) mass is 310 g/mol. The van der Waals surface area contributed by atoms with Crippen LogP contribution in [0.25, 0.3) is 0 Å². The number of nitrogens with one attached hydrogen (secondary N) is 1. The topological polar surface area (TPSA) is 63.3 Å². The smallest absolute Gasteiger partial charge is 0.161 e. The molecule has 1 saturated carbocycles. The first-order chi connectivity index (χ1) is 8.79. The molecule has 0 radical (unpaired) electrons. The van der Waals surface area contributed by atoms with Crippen LogP contribution in [0.3, 0.4) is 0 Å². The van der Waals surface area contributed by atoms with Gasteiger partial charge in [-0.15, -0.1) is 0 Å². The quantitative estimate of drug-likeness (QED) is 0.290. The molecule has 0 atom stereocenters. The highest BCUT2D eigenvalue weighted by Crippen LogP contribution is 2.20. The van der Waals surface area contributed by atoms with Gasteiger partial charge < -0.3 is 5.43 Å². The van der Waals surface area contributed by atoms with Crippen molar-refractivity contribution < 1.29 is 0 Å². The van der Waals surface area contributed by atoms with Crippen LogP contribution in [0.4, 0.5) is 0 Å². The number of hydrazine groups is 1. The van der Waals surface area contributed by atoms with E-state index in [0.717, 1.165) is 23.0 Å². The van der Waals surface area contributed by atoms with E-state index in [1.807, 2.05) is 12.1 Å². The van der Waals surface area contributed by atoms with Crippen molar-refractivity contribution in [1.82, 2.24) is 10.4 Å². The summed E-state index contributed by atoms with van der Waals surface area (Å²) >= 11 is 3.37. The zero-order valence-corrected chi connectivity index (χ0v) is 12.0. The van der Waals surface area contributed by atoms with Gasteiger partial charge in [0.2, 0.25) is 0 Å². The van der Waals surface area contributed by atoms with Gasteiger partial charge in [0.1, 0.15) is 5.69 Å². The van der Waals surface area contributed by atoms with Crippen LogP contribution in [-0.4, -0.2) is 16.9 Å². The van der Waals surface area contributed by atoms with Crippen molar-refractivity contribution in [1.29, 1.82) is 0 Å². The van der Waals surface area contributed by atoms with Crippen LogP contribution < -0.4 is 11.3 Å². The van der Waals surface area contributed by atoms with Crippen LogP contribution in [0, 0.1) is 0 Å². The molecule has 0 amide bonds. The summed E-state index contributed by atoms with van der Waals surface area (Å²) in [4.78, 5) is 9.03. The highest BCUT2D eigenvalue weighted by molar-refractivity contribution is 9.10. The van der Waals surface area contributed by atoms with E-state index in [9.17, 15) is 0 Å². The molecule has 1 aromatic heterocycles. The molecule has 0 saturated heterocycles. The van der Waals surface area contributed by atoms with Crippen LogP contribution in [-0.2, 0) is 0 Å². The zero-order chi connectivity index (χ0) is 12.8. The zero-order valence-electron chi connectivity index (χ0n) is 10.4. The van der Waals surface area contributed by atoms with Crippen molar-refractivity contribution in [2.45, 2.75) is 44.6 Å². The minimum atomic E-state index is 0.379. The van der Waals surface area contributed by atoms with Gasteiger partial charge in [-0.2, -0.15) is 0 Å². The average Bonchev–Trinajstić information content (AvgIpc) is 2.66. The standard InChI is InChI=1S/C13H19BrN4/c14-10-7-8-12(16-9-10)13(18-15)17-11-5-3-1-2-4-6-11/h7-9,11H,1-6,15H2,(H,17,18). The molecule has 3 N–H and O–H groups in total. The van der Waals surface area contributed by atoms with E-state index in [2.05, 4.69) is 26.3 Å². The Kier molecular flexibility index (Phi) is 5.13. The van der Waals surface area contributed by atoms with E-state index in [1.54, 1.807) is 6.20 Å². The maximum Gasteiger partial charge on any atom is 0.161 e. The number of hydrogen-bond donors (Lipinski definition) is 2. The molecule has 0 unspecified atom stereocenters. The maximum absolute atomic E-state index is 5.57. The van der Waals surface area contributed by atoms with Gasteiger partial charge in [-0.05, 0) is 40.9 Å². The molecule has 1 heterocycles. The Bertz CT molecular complexity index is 394. The Hall–Kier alpha value is -0.940. The number of hydrogen-bond acceptors (Lipinski definition) is 3. The van der Waals surface area contributed by atoms with Crippen molar-refractivity contribution in [3.63, 3.8) is 0 Å². The van der Waals surface area contributed by atoms with Gasteiger partial charge in [0, 0.05) is 10.7 Å². The van der Waals surface area contributed by atoms with E-state index in [0.29, 0.717) is 11.9 Å². The second-order valence-corrected chi connectivity index (χ2v) is 5.54. The molecule has 0 aromatic carbocycles. The van der Waals surface area contributed by atoms with E-state index in [-0.39, 0.29) is 0 Å². The molecule has 0 aliphatic heterocycles. The molecule has 1 aliphatic carbocycles. The predicted octanol–water partition coefficient (Wildman–Crippen LogP) is 2.78. The number of pyridine rings is 1. The second kappa shape index (κ2) is 6.85. The van der Waals surface area contributed by atoms with Crippen LogP contribution in [0.2, 0.25) is 0 Å². The van der Waals surface area contributed by atoms with Crippen LogP contribution in [0.5, 0.6) is 0 Å². The second-order valence-electron chi connectivity index (χ2n) is 4.63. The molecular weight excluding hydrogens is 292 g/mol. The summed E-state index contributed by atoms with van der Waals surface area (Å²) in [6, 6.07) is 4.24. The fourth-order valence-electron chi connectivity index (χ4n) is 2.26. The van der Waals surface area contributed by atoms with Crippen LogP contribution in [0.1, 0.15) is 44.2 Å². The number of aliphatic imine (C=N–C) groups is 1. The minimum Gasteiger partial charge on any atom is -0.307 e. The summed E-state index contributed by atoms with van der Waals surface area (Å²) in [6.45, 7) is 0. The first-order valence-corrected chi connectivity index (χ1v) is 7.25. The molecule has 2 rings (SSSR count). The molecule has 1 fully saturated rings. The van der Waals surface area contributed by atoms with Gasteiger partial charge in [0.05, 0.1) is 6.04 Å². The fraction of sp³-hybridized carbons (Fsp3) is 0.538. The summed E-state index contributed by atoms with van der Waals surface area (Å²) in [7, 11) is 0. The third-order valence-electron chi connectivity index (χ3n) is 3.24. The molecular formula is C13H19BrN4. The van der Waals surface area contributed by atoms with E-state index in [1.165, 1.54) is 25.7 Å². The lowest BCUT2D eigenvalue weighted by molar-refractivity contribution is 0.583. The van der Waals surface area contributed by atoms with Crippen molar-refractivity contribution >= 4 is 21.8 Å². The van der Waals surface area contributed by atoms with Gasteiger partial charge in [-0.1, -0.05) is 25.7 Å². The number of nitrogens with two attached hydrogens (primary N) is 1. The summed E-state index contributed by atoms with van der Waals surface area (Å²) in [5, 5.41) is 0. The Morgan fingerprint density at radius 2 is 2.00 bits per heavy atom. The van der Waals surface area contributed by atoms with E-state index in [4.69, 9.17) is 10.8 Å². The van der Waals surface area contributed by atoms with Crippen LogP contribution >= 0.6 is 15.9 Å². The van der Waals surface area contributed by atoms with Gasteiger partial charge in [0.25, 0.3) is 0 Å². The van der Waals surface area contributed by atoms with Gasteiger partial charge in [0.15, 0.2) is 5.84 Å². The fourth-order valence-corrected chi connectivity index (χ4v) is 2.50. The van der Waals surface area contributed by atoms with Crippen molar-refractivity contribution in [2.24, 2.45) is 10.8 Å². The number of aromatic nitrogens is 1. The van der Waals surface area contributed by atoms with Crippen molar-refractivity contribution in [3.8, 4) is 0 Å². The van der Waals surface area contributed by atoms with Gasteiger partial charge >= 0.3 is 0 Å². The summed E-state index contributed by atoms with van der Waals surface area (Å²) in [5.41, 5.74) is 3.47. The lowest BCUT2D eigenvalue weighted by Gasteiger charge is -2.12. The molecule has 98 valence electrons. The number of rotatable bonds is 2. The lowest BCUT2D eigenvalue weighted by atomic mass is 10.1. The Labute approximate surface area is 116 Å². The van der Waals surface area contributed by atoms with E-state index < -0.39 is 0 Å². The molecule has 18 heavy (non-hydrogen) atoms. The first kappa shape index (κ1) is 13.5. The molecule has 0 spiro atoms. The number of nitrogens with zero attached hydrogens (tertiary/aromatic N) is 2. The average molecular weight is 311 g/mol. The van der Waals surface area contributed by atoms with Crippen molar-refractivity contribution in [3.05, 3.63) is 28.5 Å². The minimum absolute atomic E-state index is 0.379. The third kappa shape index (κ3) is 3.78. The predicted molar refractivity (Wildman–Crippen MR) is 77.3 cm³/mol. The normalized spacial score (nSPS) is 18.4. The summed E-state index contributed by atoms with van der Waals surface area (Å²) in [5.74, 6) is 6.26. The van der Waals surface area contributed by atoms with Gasteiger partial charge in [-0.3, -0.25) is 9.98 Å². The SMILES string of the molecule is NNC(=NC1CCCCCC1)c1ccc(Br)cn1. The Morgan fingerprint density at radius 1 is 1.28 bits per heavy atom.